The zero-order valence-corrected chi connectivity index (χ0v) is 20.2. The van der Waals surface area contributed by atoms with Crippen LogP contribution in [-0.2, 0) is 16.0 Å². The summed E-state index contributed by atoms with van der Waals surface area (Å²) in [6.45, 7) is 7.72. The summed E-state index contributed by atoms with van der Waals surface area (Å²) < 4.78 is 5.42. The summed E-state index contributed by atoms with van der Waals surface area (Å²) in [6, 6.07) is 7.72. The maximum absolute atomic E-state index is 13.7. The number of rotatable bonds is 6. The number of aryl methyl sites for hydroxylation is 1. The van der Waals surface area contributed by atoms with Crippen LogP contribution in [0.15, 0.2) is 30.6 Å². The average Bonchev–Trinajstić information content (AvgIpc) is 3.20. The normalized spacial score (nSPS) is 22.2. The topological polar surface area (TPSA) is 61.8 Å². The summed E-state index contributed by atoms with van der Waals surface area (Å²) in [6.07, 6.45) is 4.14. The van der Waals surface area contributed by atoms with E-state index in [-0.39, 0.29) is 17.9 Å². The summed E-state index contributed by atoms with van der Waals surface area (Å²) in [5.41, 5.74) is 3.52. The van der Waals surface area contributed by atoms with Crippen LogP contribution in [0.3, 0.4) is 0 Å². The van der Waals surface area contributed by atoms with Crippen molar-refractivity contribution in [1.29, 1.82) is 0 Å². The number of carbonyl (C=O) groups excluding carboxylic acids is 1. The SMILES string of the molecule is COC1CN(C[C@@H](C(=O)N2CCN(c3ncnc4c3[C@H](C)CC4)CC2)c2ccc(Cl)cc2)C1. The number of carbonyl (C=O) groups is 1. The molecule has 2 aromatic rings. The van der Waals surface area contributed by atoms with Gasteiger partial charge in [-0.15, -0.1) is 0 Å². The Hall–Kier alpha value is -2.22. The highest BCUT2D eigenvalue weighted by Gasteiger charge is 2.35. The highest BCUT2D eigenvalue weighted by molar-refractivity contribution is 6.30. The molecule has 7 nitrogen and oxygen atoms in total. The maximum Gasteiger partial charge on any atom is 0.231 e. The van der Waals surface area contributed by atoms with Crippen LogP contribution in [0.1, 0.15) is 42.0 Å². The molecule has 0 spiro atoms. The van der Waals surface area contributed by atoms with Crippen LogP contribution in [0.5, 0.6) is 0 Å². The summed E-state index contributed by atoms with van der Waals surface area (Å²) >= 11 is 6.11. The second kappa shape index (κ2) is 9.57. The van der Waals surface area contributed by atoms with Crippen molar-refractivity contribution >= 4 is 23.3 Å². The maximum atomic E-state index is 13.7. The van der Waals surface area contributed by atoms with E-state index in [0.717, 1.165) is 50.4 Å². The molecule has 176 valence electrons. The molecule has 2 fully saturated rings. The first kappa shape index (κ1) is 22.6. The lowest BCUT2D eigenvalue weighted by Crippen LogP contribution is -2.55. The molecule has 0 saturated carbocycles. The smallest absolute Gasteiger partial charge is 0.231 e. The van der Waals surface area contributed by atoms with E-state index in [1.54, 1.807) is 13.4 Å². The number of benzene rings is 1. The van der Waals surface area contributed by atoms with Gasteiger partial charge in [0.2, 0.25) is 5.91 Å². The van der Waals surface area contributed by atoms with Crippen LogP contribution in [0.4, 0.5) is 5.82 Å². The van der Waals surface area contributed by atoms with E-state index in [2.05, 4.69) is 26.7 Å². The number of aromatic nitrogens is 2. The van der Waals surface area contributed by atoms with E-state index in [1.807, 2.05) is 29.2 Å². The quantitative estimate of drug-likeness (QED) is 0.648. The molecule has 33 heavy (non-hydrogen) atoms. The number of nitrogens with zero attached hydrogens (tertiary/aromatic N) is 5. The van der Waals surface area contributed by atoms with Crippen LogP contribution < -0.4 is 4.90 Å². The van der Waals surface area contributed by atoms with Gasteiger partial charge in [-0.25, -0.2) is 9.97 Å². The second-order valence-electron chi connectivity index (χ2n) is 9.49. The van der Waals surface area contributed by atoms with Crippen molar-refractivity contribution in [3.05, 3.63) is 52.4 Å². The van der Waals surface area contributed by atoms with Gasteiger partial charge in [-0.1, -0.05) is 30.7 Å². The monoisotopic (exact) mass is 469 g/mol. The predicted octanol–water partition coefficient (Wildman–Crippen LogP) is 2.94. The van der Waals surface area contributed by atoms with Crippen molar-refractivity contribution in [3.8, 4) is 0 Å². The minimum Gasteiger partial charge on any atom is -0.379 e. The minimum absolute atomic E-state index is 0.194. The number of piperazine rings is 1. The molecule has 2 atom stereocenters. The highest BCUT2D eigenvalue weighted by Crippen LogP contribution is 2.37. The van der Waals surface area contributed by atoms with E-state index >= 15 is 0 Å². The molecule has 1 aromatic heterocycles. The number of ether oxygens (including phenoxy) is 1. The Kier molecular flexibility index (Phi) is 6.54. The number of likely N-dealkylation sites (tertiary alicyclic amines) is 1. The Morgan fingerprint density at radius 1 is 1.15 bits per heavy atom. The fraction of sp³-hybridized carbons (Fsp3) is 0.560. The second-order valence-corrected chi connectivity index (χ2v) is 9.93. The molecule has 3 aliphatic rings. The Morgan fingerprint density at radius 3 is 2.58 bits per heavy atom. The number of amides is 1. The van der Waals surface area contributed by atoms with Gasteiger partial charge in [0.05, 0.1) is 12.0 Å². The Morgan fingerprint density at radius 2 is 1.88 bits per heavy atom. The third-order valence-electron chi connectivity index (χ3n) is 7.41. The Balaban J connectivity index is 1.28. The molecule has 0 unspecified atom stereocenters. The van der Waals surface area contributed by atoms with Gasteiger partial charge in [0, 0.05) is 69.2 Å². The predicted molar refractivity (Wildman–Crippen MR) is 129 cm³/mol. The summed E-state index contributed by atoms with van der Waals surface area (Å²) in [5.74, 6) is 1.56. The largest absolute Gasteiger partial charge is 0.379 e. The van der Waals surface area contributed by atoms with E-state index < -0.39 is 0 Å². The van der Waals surface area contributed by atoms with Crippen LogP contribution in [0.2, 0.25) is 5.02 Å². The molecule has 0 bridgehead atoms. The molecule has 3 heterocycles. The highest BCUT2D eigenvalue weighted by atomic mass is 35.5. The molecule has 2 aliphatic heterocycles. The molecular formula is C25H32ClN5O2. The lowest BCUT2D eigenvalue weighted by molar-refractivity contribution is -0.134. The number of methoxy groups -OCH3 is 1. The van der Waals surface area contributed by atoms with Crippen molar-refractivity contribution < 1.29 is 9.53 Å². The zero-order valence-electron chi connectivity index (χ0n) is 19.4. The van der Waals surface area contributed by atoms with E-state index in [0.29, 0.717) is 30.6 Å². The molecule has 5 rings (SSSR count). The van der Waals surface area contributed by atoms with Gasteiger partial charge in [0.25, 0.3) is 0 Å². The standard InChI is InChI=1S/C25H32ClN5O2/c1-17-3-8-22-23(17)24(28-16-27-22)30-9-11-31(12-10-30)25(32)21(15-29-13-20(14-29)33-2)18-4-6-19(26)7-5-18/h4-7,16-17,20-21H,3,8-15H2,1-2H3/t17-,21-/m1/s1. The lowest BCUT2D eigenvalue weighted by atomic mass is 9.94. The van der Waals surface area contributed by atoms with Gasteiger partial charge in [0.15, 0.2) is 0 Å². The summed E-state index contributed by atoms with van der Waals surface area (Å²) in [5, 5.41) is 0.688. The molecule has 1 amide bonds. The van der Waals surface area contributed by atoms with Gasteiger partial charge >= 0.3 is 0 Å². The lowest BCUT2D eigenvalue weighted by Gasteiger charge is -2.42. The van der Waals surface area contributed by atoms with Crippen molar-refractivity contribution in [2.45, 2.75) is 37.7 Å². The Labute approximate surface area is 200 Å². The molecule has 8 heteroatoms. The minimum atomic E-state index is -0.199. The van der Waals surface area contributed by atoms with Crippen molar-refractivity contribution in [3.63, 3.8) is 0 Å². The number of anilines is 1. The van der Waals surface area contributed by atoms with E-state index in [9.17, 15) is 4.79 Å². The summed E-state index contributed by atoms with van der Waals surface area (Å²) in [4.78, 5) is 29.5. The molecule has 0 N–H and O–H groups in total. The fourth-order valence-corrected chi connectivity index (χ4v) is 5.46. The van der Waals surface area contributed by atoms with Crippen LogP contribution in [0.25, 0.3) is 0 Å². The Bertz CT molecular complexity index is 987. The number of hydrogen-bond donors (Lipinski definition) is 0. The van der Waals surface area contributed by atoms with Gasteiger partial charge < -0.3 is 14.5 Å². The average molecular weight is 470 g/mol. The summed E-state index contributed by atoms with van der Waals surface area (Å²) in [7, 11) is 1.75. The molecule has 1 aromatic carbocycles. The van der Waals surface area contributed by atoms with Gasteiger partial charge in [-0.3, -0.25) is 9.69 Å². The van der Waals surface area contributed by atoms with Gasteiger partial charge in [0.1, 0.15) is 12.1 Å². The van der Waals surface area contributed by atoms with Crippen LogP contribution >= 0.6 is 11.6 Å². The van der Waals surface area contributed by atoms with E-state index in [1.165, 1.54) is 11.3 Å². The first-order valence-electron chi connectivity index (χ1n) is 11.9. The van der Waals surface area contributed by atoms with Crippen LogP contribution in [0, 0.1) is 0 Å². The number of fused-ring (bicyclic) bond motifs is 1. The zero-order chi connectivity index (χ0) is 22.9. The molecule has 0 radical (unpaired) electrons. The number of halogens is 1. The number of hydrogen-bond acceptors (Lipinski definition) is 6. The third kappa shape index (κ3) is 4.59. The first-order chi connectivity index (χ1) is 16.0. The fourth-order valence-electron chi connectivity index (χ4n) is 5.33. The molecular weight excluding hydrogens is 438 g/mol. The van der Waals surface area contributed by atoms with Crippen molar-refractivity contribution in [1.82, 2.24) is 19.8 Å². The first-order valence-corrected chi connectivity index (χ1v) is 12.3. The van der Waals surface area contributed by atoms with Crippen molar-refractivity contribution in [2.24, 2.45) is 0 Å². The van der Waals surface area contributed by atoms with Gasteiger partial charge in [-0.05, 0) is 36.5 Å². The van der Waals surface area contributed by atoms with Gasteiger partial charge in [-0.2, -0.15) is 0 Å². The third-order valence-corrected chi connectivity index (χ3v) is 7.66. The van der Waals surface area contributed by atoms with E-state index in [4.69, 9.17) is 16.3 Å². The molecule has 2 saturated heterocycles. The van der Waals surface area contributed by atoms with Crippen molar-refractivity contribution in [2.75, 3.05) is 57.8 Å². The molecule has 1 aliphatic carbocycles. The van der Waals surface area contributed by atoms with Crippen LogP contribution in [-0.4, -0.2) is 84.7 Å².